The first-order valence-electron chi connectivity index (χ1n) is 7.90. The third-order valence-corrected chi connectivity index (χ3v) is 3.52. The van der Waals surface area contributed by atoms with Crippen LogP contribution in [0.1, 0.15) is 58.3 Å². The highest BCUT2D eigenvalue weighted by Crippen LogP contribution is 2.24. The van der Waals surface area contributed by atoms with E-state index in [1.807, 2.05) is 0 Å². The highest BCUT2D eigenvalue weighted by molar-refractivity contribution is 5.91. The Bertz CT molecular complexity index is 433. The summed E-state index contributed by atoms with van der Waals surface area (Å²) >= 11 is 0. The van der Waals surface area contributed by atoms with Gasteiger partial charge in [0, 0.05) is 12.1 Å². The molecular formula is C17H28N2O2. The van der Waals surface area contributed by atoms with E-state index < -0.39 is 0 Å². The van der Waals surface area contributed by atoms with Gasteiger partial charge >= 0.3 is 0 Å². The van der Waals surface area contributed by atoms with Crippen molar-refractivity contribution in [3.05, 3.63) is 18.2 Å². The van der Waals surface area contributed by atoms with Gasteiger partial charge in [0.25, 0.3) is 0 Å². The van der Waals surface area contributed by atoms with Crippen molar-refractivity contribution in [2.45, 2.75) is 58.3 Å². The predicted molar refractivity (Wildman–Crippen MR) is 88.6 cm³/mol. The average molecular weight is 292 g/mol. The van der Waals surface area contributed by atoms with Crippen molar-refractivity contribution >= 4 is 17.3 Å². The summed E-state index contributed by atoms with van der Waals surface area (Å²) in [6, 6.07) is 5.29. The molecule has 0 radical (unpaired) electrons. The van der Waals surface area contributed by atoms with Crippen LogP contribution < -0.4 is 15.8 Å². The summed E-state index contributed by atoms with van der Waals surface area (Å²) in [5.41, 5.74) is 7.07. The Kier molecular flexibility index (Phi) is 8.32. The van der Waals surface area contributed by atoms with Gasteiger partial charge in [-0.1, -0.05) is 45.4 Å². The fraction of sp³-hybridized carbons (Fsp3) is 0.588. The Balaban J connectivity index is 2.20. The van der Waals surface area contributed by atoms with Crippen LogP contribution in [0.2, 0.25) is 0 Å². The maximum Gasteiger partial charge on any atom is 0.224 e. The first-order valence-corrected chi connectivity index (χ1v) is 7.90. The van der Waals surface area contributed by atoms with Crippen molar-refractivity contribution in [3.8, 4) is 5.75 Å². The third kappa shape index (κ3) is 7.02. The van der Waals surface area contributed by atoms with E-state index in [1.54, 1.807) is 25.3 Å². The van der Waals surface area contributed by atoms with Crippen molar-refractivity contribution in [1.82, 2.24) is 0 Å². The molecule has 0 unspecified atom stereocenters. The summed E-state index contributed by atoms with van der Waals surface area (Å²) < 4.78 is 5.09. The first-order chi connectivity index (χ1) is 10.2. The number of nitrogens with one attached hydrogen (secondary N) is 1. The minimum Gasteiger partial charge on any atom is -0.495 e. The first kappa shape index (κ1) is 17.3. The summed E-state index contributed by atoms with van der Waals surface area (Å²) in [5.74, 6) is 0.674. The van der Waals surface area contributed by atoms with Crippen LogP contribution in [-0.4, -0.2) is 13.0 Å². The van der Waals surface area contributed by atoms with E-state index in [4.69, 9.17) is 10.5 Å². The number of methoxy groups -OCH3 is 1. The van der Waals surface area contributed by atoms with E-state index in [0.29, 0.717) is 17.9 Å². The minimum atomic E-state index is 0.0492. The van der Waals surface area contributed by atoms with E-state index in [0.717, 1.165) is 18.5 Å². The Morgan fingerprint density at radius 3 is 2.43 bits per heavy atom. The van der Waals surface area contributed by atoms with E-state index in [1.165, 1.54) is 32.1 Å². The number of nitrogens with two attached hydrogens (primary N) is 1. The van der Waals surface area contributed by atoms with Gasteiger partial charge in [0.1, 0.15) is 5.75 Å². The molecule has 0 fully saturated rings. The van der Waals surface area contributed by atoms with E-state index in [-0.39, 0.29) is 5.91 Å². The monoisotopic (exact) mass is 292 g/mol. The highest BCUT2D eigenvalue weighted by atomic mass is 16.5. The van der Waals surface area contributed by atoms with Crippen LogP contribution in [0.5, 0.6) is 5.75 Å². The summed E-state index contributed by atoms with van der Waals surface area (Å²) in [4.78, 5) is 11.8. The summed E-state index contributed by atoms with van der Waals surface area (Å²) in [6.45, 7) is 2.22. The van der Waals surface area contributed by atoms with Gasteiger partial charge in [-0.05, 0) is 24.6 Å². The van der Waals surface area contributed by atoms with Gasteiger partial charge in [-0.2, -0.15) is 0 Å². The molecule has 0 spiro atoms. The molecule has 4 heteroatoms. The normalized spacial score (nSPS) is 10.4. The summed E-state index contributed by atoms with van der Waals surface area (Å²) in [5, 5.41) is 2.87. The van der Waals surface area contributed by atoms with Gasteiger partial charge in [-0.25, -0.2) is 0 Å². The number of rotatable bonds is 10. The molecule has 0 aliphatic heterocycles. The van der Waals surface area contributed by atoms with Gasteiger partial charge in [0.15, 0.2) is 0 Å². The van der Waals surface area contributed by atoms with Gasteiger partial charge in [0.05, 0.1) is 12.8 Å². The van der Waals surface area contributed by atoms with Crippen LogP contribution in [0.3, 0.4) is 0 Å². The van der Waals surface area contributed by atoms with Crippen LogP contribution >= 0.6 is 0 Å². The molecule has 1 aromatic rings. The van der Waals surface area contributed by atoms with E-state index in [9.17, 15) is 4.79 Å². The lowest BCUT2D eigenvalue weighted by molar-refractivity contribution is -0.116. The fourth-order valence-corrected chi connectivity index (χ4v) is 2.28. The number of unbranched alkanes of at least 4 members (excludes halogenated alkanes) is 6. The van der Waals surface area contributed by atoms with Crippen molar-refractivity contribution in [2.24, 2.45) is 0 Å². The molecule has 0 aliphatic rings. The second-order valence-electron chi connectivity index (χ2n) is 5.38. The Morgan fingerprint density at radius 1 is 1.14 bits per heavy atom. The standard InChI is InChI=1S/C17H28N2O2/c1-3-4-5-6-7-8-9-10-17(20)19-14-11-12-16(21-2)15(18)13-14/h11-13H,3-10,18H2,1-2H3,(H,19,20). The number of ether oxygens (including phenoxy) is 1. The topological polar surface area (TPSA) is 64.3 Å². The van der Waals surface area contributed by atoms with Crippen LogP contribution in [0.15, 0.2) is 18.2 Å². The van der Waals surface area contributed by atoms with Crippen molar-refractivity contribution in [2.75, 3.05) is 18.2 Å². The molecular weight excluding hydrogens is 264 g/mol. The maximum atomic E-state index is 11.8. The largest absolute Gasteiger partial charge is 0.495 e. The van der Waals surface area contributed by atoms with E-state index in [2.05, 4.69) is 12.2 Å². The molecule has 0 saturated heterocycles. The zero-order valence-electron chi connectivity index (χ0n) is 13.3. The molecule has 4 nitrogen and oxygen atoms in total. The lowest BCUT2D eigenvalue weighted by Crippen LogP contribution is -2.11. The zero-order valence-corrected chi connectivity index (χ0v) is 13.3. The fourth-order valence-electron chi connectivity index (χ4n) is 2.28. The third-order valence-electron chi connectivity index (χ3n) is 3.52. The van der Waals surface area contributed by atoms with Crippen molar-refractivity contribution in [3.63, 3.8) is 0 Å². The molecule has 0 aliphatic carbocycles. The molecule has 21 heavy (non-hydrogen) atoms. The predicted octanol–water partition coefficient (Wildman–Crippen LogP) is 4.36. The second-order valence-corrected chi connectivity index (χ2v) is 5.38. The molecule has 3 N–H and O–H groups in total. The molecule has 0 saturated carbocycles. The van der Waals surface area contributed by atoms with Crippen molar-refractivity contribution < 1.29 is 9.53 Å². The van der Waals surface area contributed by atoms with E-state index >= 15 is 0 Å². The number of carbonyl (C=O) groups is 1. The number of carbonyl (C=O) groups excluding carboxylic acids is 1. The molecule has 0 bridgehead atoms. The molecule has 0 heterocycles. The lowest BCUT2D eigenvalue weighted by Gasteiger charge is -2.08. The molecule has 1 rings (SSSR count). The number of benzene rings is 1. The van der Waals surface area contributed by atoms with Gasteiger partial charge < -0.3 is 15.8 Å². The SMILES string of the molecule is CCCCCCCCCC(=O)Nc1ccc(OC)c(N)c1. The average Bonchev–Trinajstić information content (AvgIpc) is 2.46. The molecule has 0 aromatic heterocycles. The highest BCUT2D eigenvalue weighted by Gasteiger charge is 2.05. The lowest BCUT2D eigenvalue weighted by atomic mass is 10.1. The second kappa shape index (κ2) is 10.1. The summed E-state index contributed by atoms with van der Waals surface area (Å²) in [6.07, 6.45) is 9.05. The number of nitrogen functional groups attached to an aromatic ring is 1. The number of hydrogen-bond donors (Lipinski definition) is 2. The molecule has 1 amide bonds. The quantitative estimate of drug-likeness (QED) is 0.497. The molecule has 0 atom stereocenters. The minimum absolute atomic E-state index is 0.0492. The van der Waals surface area contributed by atoms with Gasteiger partial charge in [0.2, 0.25) is 5.91 Å². The van der Waals surface area contributed by atoms with Crippen LogP contribution in [-0.2, 0) is 4.79 Å². The van der Waals surface area contributed by atoms with Gasteiger partial charge in [-0.3, -0.25) is 4.79 Å². The number of amides is 1. The smallest absolute Gasteiger partial charge is 0.224 e. The summed E-state index contributed by atoms with van der Waals surface area (Å²) in [7, 11) is 1.57. The molecule has 1 aromatic carbocycles. The van der Waals surface area contributed by atoms with Gasteiger partial charge in [-0.15, -0.1) is 0 Å². The van der Waals surface area contributed by atoms with Crippen molar-refractivity contribution in [1.29, 1.82) is 0 Å². The van der Waals surface area contributed by atoms with Crippen LogP contribution in [0.25, 0.3) is 0 Å². The number of hydrogen-bond acceptors (Lipinski definition) is 3. The van der Waals surface area contributed by atoms with Crippen LogP contribution in [0.4, 0.5) is 11.4 Å². The maximum absolute atomic E-state index is 11.8. The molecule has 118 valence electrons. The number of anilines is 2. The zero-order chi connectivity index (χ0) is 15.5. The van der Waals surface area contributed by atoms with Crippen LogP contribution in [0, 0.1) is 0 Å². The Morgan fingerprint density at radius 2 is 1.81 bits per heavy atom. The Labute approximate surface area is 128 Å². The Hall–Kier alpha value is -1.71.